The van der Waals surface area contributed by atoms with Crippen LogP contribution in [-0.4, -0.2) is 17.9 Å². The van der Waals surface area contributed by atoms with Crippen LogP contribution in [0.2, 0.25) is 10.0 Å². The maximum absolute atomic E-state index is 12.7. The number of rotatable bonds is 4. The fraction of sp³-hybridized carbons (Fsp3) is 0.250. The van der Waals surface area contributed by atoms with Gasteiger partial charge in [0.2, 0.25) is 0 Å². The van der Waals surface area contributed by atoms with Gasteiger partial charge in [0, 0.05) is 18.0 Å². The van der Waals surface area contributed by atoms with Gasteiger partial charge in [0.15, 0.2) is 0 Å². The number of likely N-dealkylation sites (N-methyl/N-ethyl adjacent to an activating group) is 1. The van der Waals surface area contributed by atoms with Crippen LogP contribution in [0.3, 0.4) is 0 Å². The highest BCUT2D eigenvalue weighted by atomic mass is 35.5. The van der Waals surface area contributed by atoms with Gasteiger partial charge < -0.3 is 4.90 Å². The van der Waals surface area contributed by atoms with Gasteiger partial charge in [0.05, 0.1) is 16.1 Å². The minimum atomic E-state index is -0.354. The van der Waals surface area contributed by atoms with Crippen molar-refractivity contribution in [3.63, 3.8) is 0 Å². The largest absolute Gasteiger partial charge is 0.334 e. The van der Waals surface area contributed by atoms with Crippen LogP contribution >= 0.6 is 23.2 Å². The lowest BCUT2D eigenvalue weighted by atomic mass is 9.71. The van der Waals surface area contributed by atoms with Crippen molar-refractivity contribution < 1.29 is 4.79 Å². The summed E-state index contributed by atoms with van der Waals surface area (Å²) in [4.78, 5) is 14.5. The van der Waals surface area contributed by atoms with Crippen LogP contribution in [0.4, 0.5) is 0 Å². The maximum Gasteiger partial charge on any atom is 0.254 e. The van der Waals surface area contributed by atoms with Crippen LogP contribution in [0.1, 0.15) is 40.9 Å². The molecule has 0 spiro atoms. The van der Waals surface area contributed by atoms with Crippen LogP contribution in [0.25, 0.3) is 0 Å². The van der Waals surface area contributed by atoms with E-state index >= 15 is 0 Å². The van der Waals surface area contributed by atoms with E-state index in [2.05, 4.69) is 13.5 Å². The fourth-order valence-corrected chi connectivity index (χ4v) is 4.05. The van der Waals surface area contributed by atoms with Crippen LogP contribution in [-0.2, 0) is 5.41 Å². The van der Waals surface area contributed by atoms with E-state index in [1.807, 2.05) is 60.5 Å². The standard InChI is InChI=1S/C20H19Cl2NO/c1-4-11-20(2,13-9-10-16(21)17(22)12-13)18-14-7-5-6-8-15(14)19(24)23(18)3/h4-10,12,18H,1,11H2,2-3H3. The number of carbonyl (C=O) groups is 1. The predicted molar refractivity (Wildman–Crippen MR) is 99.9 cm³/mol. The van der Waals surface area contributed by atoms with Gasteiger partial charge in [-0.3, -0.25) is 4.79 Å². The fourth-order valence-electron chi connectivity index (χ4n) is 3.76. The van der Waals surface area contributed by atoms with E-state index in [0.29, 0.717) is 16.5 Å². The summed E-state index contributed by atoms with van der Waals surface area (Å²) in [6.07, 6.45) is 2.60. The number of nitrogens with zero attached hydrogens (tertiary/aromatic N) is 1. The minimum absolute atomic E-state index is 0.0472. The summed E-state index contributed by atoms with van der Waals surface area (Å²) in [7, 11) is 1.85. The SMILES string of the molecule is C=CCC(C)(c1ccc(Cl)c(Cl)c1)C1c2ccccc2C(=O)N1C. The average molecular weight is 360 g/mol. The Bertz CT molecular complexity index is 817. The Morgan fingerprint density at radius 3 is 2.58 bits per heavy atom. The van der Waals surface area contributed by atoms with Crippen LogP contribution in [0.5, 0.6) is 0 Å². The Hall–Kier alpha value is -1.77. The van der Waals surface area contributed by atoms with E-state index < -0.39 is 0 Å². The highest BCUT2D eigenvalue weighted by molar-refractivity contribution is 6.42. The number of allylic oxidation sites excluding steroid dienone is 1. The summed E-state index contributed by atoms with van der Waals surface area (Å²) in [6, 6.07) is 13.4. The second kappa shape index (κ2) is 6.27. The lowest BCUT2D eigenvalue weighted by Crippen LogP contribution is -2.38. The molecule has 1 amide bonds. The van der Waals surface area contributed by atoms with Crippen molar-refractivity contribution in [2.75, 3.05) is 7.05 Å². The molecule has 24 heavy (non-hydrogen) atoms. The number of fused-ring (bicyclic) bond motifs is 1. The van der Waals surface area contributed by atoms with Crippen molar-refractivity contribution in [3.05, 3.63) is 81.9 Å². The first-order valence-electron chi connectivity index (χ1n) is 7.82. The Morgan fingerprint density at radius 2 is 1.92 bits per heavy atom. The Labute approximate surface area is 152 Å². The molecule has 2 atom stereocenters. The van der Waals surface area contributed by atoms with Crippen molar-refractivity contribution in [3.8, 4) is 0 Å². The Kier molecular flexibility index (Phi) is 4.46. The molecule has 1 aliphatic rings. The van der Waals surface area contributed by atoms with Crippen molar-refractivity contribution in [2.45, 2.75) is 24.8 Å². The third kappa shape index (κ3) is 2.54. The first-order valence-corrected chi connectivity index (χ1v) is 8.58. The predicted octanol–water partition coefficient (Wildman–Crippen LogP) is 5.65. The summed E-state index contributed by atoms with van der Waals surface area (Å²) in [5.74, 6) is 0.0472. The summed E-state index contributed by atoms with van der Waals surface area (Å²) in [5.41, 5.74) is 2.49. The van der Waals surface area contributed by atoms with Gasteiger partial charge in [0.25, 0.3) is 5.91 Å². The van der Waals surface area contributed by atoms with E-state index in [-0.39, 0.29) is 17.4 Å². The van der Waals surface area contributed by atoms with E-state index in [1.54, 1.807) is 0 Å². The zero-order valence-electron chi connectivity index (χ0n) is 13.7. The molecular weight excluding hydrogens is 341 g/mol. The monoisotopic (exact) mass is 359 g/mol. The minimum Gasteiger partial charge on any atom is -0.334 e. The van der Waals surface area contributed by atoms with Crippen molar-refractivity contribution in [1.29, 1.82) is 0 Å². The van der Waals surface area contributed by atoms with Crippen molar-refractivity contribution >= 4 is 29.1 Å². The molecule has 124 valence electrons. The summed E-state index contributed by atoms with van der Waals surface area (Å²) < 4.78 is 0. The normalized spacial score (nSPS) is 19.1. The molecule has 1 aliphatic heterocycles. The second-order valence-electron chi connectivity index (χ2n) is 6.44. The highest BCUT2D eigenvalue weighted by Gasteiger charge is 2.46. The number of benzene rings is 2. The summed E-state index contributed by atoms with van der Waals surface area (Å²) in [6.45, 7) is 6.06. The molecule has 0 aliphatic carbocycles. The van der Waals surface area contributed by atoms with E-state index in [9.17, 15) is 4.79 Å². The van der Waals surface area contributed by atoms with Crippen LogP contribution < -0.4 is 0 Å². The zero-order valence-corrected chi connectivity index (χ0v) is 15.2. The molecule has 0 bridgehead atoms. The van der Waals surface area contributed by atoms with Gasteiger partial charge in [-0.25, -0.2) is 0 Å². The second-order valence-corrected chi connectivity index (χ2v) is 7.26. The number of amides is 1. The lowest BCUT2D eigenvalue weighted by molar-refractivity contribution is 0.0707. The average Bonchev–Trinajstić information content (AvgIpc) is 2.82. The molecular formula is C20H19Cl2NO. The molecule has 4 heteroatoms. The number of carbonyl (C=O) groups excluding carboxylic acids is 1. The molecule has 2 aromatic carbocycles. The highest BCUT2D eigenvalue weighted by Crippen LogP contribution is 2.49. The molecule has 0 aromatic heterocycles. The molecule has 0 saturated carbocycles. The molecule has 0 radical (unpaired) electrons. The number of hydrogen-bond donors (Lipinski definition) is 0. The van der Waals surface area contributed by atoms with Crippen molar-refractivity contribution in [2.24, 2.45) is 0 Å². The Morgan fingerprint density at radius 1 is 1.21 bits per heavy atom. The van der Waals surface area contributed by atoms with Gasteiger partial charge in [-0.1, -0.05) is 60.5 Å². The third-order valence-corrected chi connectivity index (χ3v) is 5.68. The smallest absolute Gasteiger partial charge is 0.254 e. The summed E-state index contributed by atoms with van der Waals surface area (Å²) >= 11 is 12.3. The first kappa shape index (κ1) is 17.1. The molecule has 1 heterocycles. The first-order chi connectivity index (χ1) is 11.4. The molecule has 2 unspecified atom stereocenters. The molecule has 0 N–H and O–H groups in total. The van der Waals surface area contributed by atoms with E-state index in [0.717, 1.165) is 16.7 Å². The number of halogens is 2. The zero-order chi connectivity index (χ0) is 17.5. The van der Waals surface area contributed by atoms with Gasteiger partial charge in [0.1, 0.15) is 0 Å². The van der Waals surface area contributed by atoms with Gasteiger partial charge in [-0.15, -0.1) is 6.58 Å². The van der Waals surface area contributed by atoms with Crippen LogP contribution in [0.15, 0.2) is 55.1 Å². The van der Waals surface area contributed by atoms with Crippen LogP contribution in [0, 0.1) is 0 Å². The van der Waals surface area contributed by atoms with Gasteiger partial charge >= 0.3 is 0 Å². The quantitative estimate of drug-likeness (QED) is 0.645. The van der Waals surface area contributed by atoms with E-state index in [4.69, 9.17) is 23.2 Å². The van der Waals surface area contributed by atoms with Gasteiger partial charge in [-0.05, 0) is 35.7 Å². The molecule has 0 saturated heterocycles. The molecule has 3 rings (SSSR count). The molecule has 2 aromatic rings. The topological polar surface area (TPSA) is 20.3 Å². The Balaban J connectivity index is 2.19. The van der Waals surface area contributed by atoms with Gasteiger partial charge in [-0.2, -0.15) is 0 Å². The molecule has 0 fully saturated rings. The number of hydrogen-bond acceptors (Lipinski definition) is 1. The third-order valence-electron chi connectivity index (χ3n) is 4.94. The van der Waals surface area contributed by atoms with E-state index in [1.165, 1.54) is 0 Å². The maximum atomic E-state index is 12.7. The lowest BCUT2D eigenvalue weighted by Gasteiger charge is -2.40. The van der Waals surface area contributed by atoms with Crippen molar-refractivity contribution in [1.82, 2.24) is 4.90 Å². The molecule has 2 nitrogen and oxygen atoms in total. The summed E-state index contributed by atoms with van der Waals surface area (Å²) in [5, 5.41) is 1.04.